The number of rotatable bonds is 2. The van der Waals surface area contributed by atoms with Gasteiger partial charge in [-0.3, -0.25) is 9.69 Å². The van der Waals surface area contributed by atoms with Gasteiger partial charge in [0.25, 0.3) is 5.91 Å². The van der Waals surface area contributed by atoms with E-state index in [0.29, 0.717) is 29.2 Å². The number of amides is 1. The third-order valence-electron chi connectivity index (χ3n) is 5.07. The Morgan fingerprint density at radius 2 is 2.08 bits per heavy atom. The third-order valence-corrected chi connectivity index (χ3v) is 5.07. The number of carbonyl (C=O) groups excluding carboxylic acids is 1. The lowest BCUT2D eigenvalue weighted by atomic mass is 10.0. The molecule has 3 heterocycles. The van der Waals surface area contributed by atoms with E-state index in [1.54, 1.807) is 0 Å². The molecule has 2 aliphatic heterocycles. The molecule has 6 nitrogen and oxygen atoms in total. The van der Waals surface area contributed by atoms with Crippen LogP contribution in [0.5, 0.6) is 0 Å². The maximum absolute atomic E-state index is 13.8. The number of benzene rings is 1. The molecule has 1 aromatic heterocycles. The summed E-state index contributed by atoms with van der Waals surface area (Å²) in [4.78, 5) is 24.4. The van der Waals surface area contributed by atoms with Crippen LogP contribution >= 0.6 is 0 Å². The normalized spacial score (nSPS) is 22.9. The lowest BCUT2D eigenvalue weighted by Gasteiger charge is -2.41. The van der Waals surface area contributed by atoms with Crippen molar-refractivity contribution in [3.8, 4) is 0 Å². The van der Waals surface area contributed by atoms with Crippen LogP contribution in [0.2, 0.25) is 0 Å². The smallest absolute Gasteiger partial charge is 0.256 e. The topological polar surface area (TPSA) is 64.3 Å². The number of hydrogen-bond donors (Lipinski definition) is 2. The number of aromatic amines is 1. The molecule has 0 aliphatic carbocycles. The second-order valence-corrected chi connectivity index (χ2v) is 6.59. The van der Waals surface area contributed by atoms with Gasteiger partial charge in [0, 0.05) is 45.3 Å². The van der Waals surface area contributed by atoms with E-state index in [0.717, 1.165) is 45.6 Å². The molecule has 2 aliphatic rings. The van der Waals surface area contributed by atoms with Crippen molar-refractivity contribution in [2.75, 3.05) is 39.3 Å². The Morgan fingerprint density at radius 3 is 2.92 bits per heavy atom. The van der Waals surface area contributed by atoms with Crippen molar-refractivity contribution >= 4 is 16.9 Å². The quantitative estimate of drug-likeness (QED) is 0.868. The van der Waals surface area contributed by atoms with Crippen molar-refractivity contribution in [1.82, 2.24) is 25.1 Å². The number of nitrogens with zero attached hydrogens (tertiary/aromatic N) is 3. The van der Waals surface area contributed by atoms with Crippen LogP contribution in [-0.2, 0) is 0 Å². The largest absolute Gasteiger partial charge is 0.344 e. The van der Waals surface area contributed by atoms with Gasteiger partial charge in [-0.05, 0) is 25.0 Å². The number of halogens is 1. The number of nitrogens with one attached hydrogen (secondary N) is 2. The summed E-state index contributed by atoms with van der Waals surface area (Å²) in [5.41, 5.74) is 1.46. The highest BCUT2D eigenvalue weighted by atomic mass is 19.1. The highest BCUT2D eigenvalue weighted by Gasteiger charge is 2.30. The van der Waals surface area contributed by atoms with E-state index >= 15 is 0 Å². The Morgan fingerprint density at radius 1 is 1.25 bits per heavy atom. The van der Waals surface area contributed by atoms with Crippen LogP contribution in [0.25, 0.3) is 11.0 Å². The zero-order chi connectivity index (χ0) is 16.5. The average molecular weight is 331 g/mol. The first kappa shape index (κ1) is 15.5. The molecule has 0 spiro atoms. The van der Waals surface area contributed by atoms with Gasteiger partial charge in [0.05, 0.1) is 17.4 Å². The van der Waals surface area contributed by atoms with E-state index in [4.69, 9.17) is 0 Å². The Hall–Kier alpha value is -1.99. The lowest BCUT2D eigenvalue weighted by Crippen LogP contribution is -2.55. The molecule has 0 saturated carbocycles. The second-order valence-electron chi connectivity index (χ2n) is 6.59. The summed E-state index contributed by atoms with van der Waals surface area (Å²) in [6.07, 6.45) is 3.60. The van der Waals surface area contributed by atoms with Crippen molar-refractivity contribution in [2.24, 2.45) is 0 Å². The van der Waals surface area contributed by atoms with E-state index in [1.165, 1.54) is 18.5 Å². The Labute approximate surface area is 140 Å². The van der Waals surface area contributed by atoms with E-state index in [-0.39, 0.29) is 5.91 Å². The number of likely N-dealkylation sites (tertiary alicyclic amines) is 1. The number of aromatic nitrogens is 2. The number of piperidine rings is 1. The monoisotopic (exact) mass is 331 g/mol. The summed E-state index contributed by atoms with van der Waals surface area (Å²) in [7, 11) is 0. The molecule has 2 saturated heterocycles. The molecule has 1 amide bonds. The van der Waals surface area contributed by atoms with Crippen molar-refractivity contribution in [3.05, 3.63) is 29.8 Å². The van der Waals surface area contributed by atoms with Gasteiger partial charge >= 0.3 is 0 Å². The molecule has 0 radical (unpaired) electrons. The molecule has 7 heteroatoms. The standard InChI is InChI=1S/C17H22FN5O/c18-12-8-14(16-15(9-12)20-11-21-16)17(24)23-5-1-2-13(10-23)22-6-3-19-4-7-22/h8-9,11,13,19H,1-7,10H2,(H,20,21). The van der Waals surface area contributed by atoms with Crippen LogP contribution < -0.4 is 5.32 Å². The highest BCUT2D eigenvalue weighted by Crippen LogP contribution is 2.22. The minimum Gasteiger partial charge on any atom is -0.344 e. The first-order valence-electron chi connectivity index (χ1n) is 8.59. The number of carbonyl (C=O) groups is 1. The van der Waals surface area contributed by atoms with E-state index in [1.807, 2.05) is 4.90 Å². The fourth-order valence-electron chi connectivity index (χ4n) is 3.83. The fourth-order valence-corrected chi connectivity index (χ4v) is 3.83. The summed E-state index contributed by atoms with van der Waals surface area (Å²) >= 11 is 0. The highest BCUT2D eigenvalue weighted by molar-refractivity contribution is 6.04. The van der Waals surface area contributed by atoms with Gasteiger partial charge in [0.2, 0.25) is 0 Å². The summed E-state index contributed by atoms with van der Waals surface area (Å²) in [6, 6.07) is 3.08. The maximum atomic E-state index is 13.8. The molecule has 1 aromatic carbocycles. The van der Waals surface area contributed by atoms with Crippen LogP contribution in [0.1, 0.15) is 23.2 Å². The number of H-pyrrole nitrogens is 1. The molecule has 1 atom stereocenters. The third kappa shape index (κ3) is 2.89. The Kier molecular flexibility index (Phi) is 4.20. The van der Waals surface area contributed by atoms with Crippen molar-refractivity contribution in [3.63, 3.8) is 0 Å². The summed E-state index contributed by atoms with van der Waals surface area (Å²) in [5.74, 6) is -0.530. The predicted octanol–water partition coefficient (Wildman–Crippen LogP) is 1.21. The fraction of sp³-hybridized carbons (Fsp3) is 0.529. The molecule has 128 valence electrons. The Bertz CT molecular complexity index is 740. The van der Waals surface area contributed by atoms with Crippen LogP contribution in [0, 0.1) is 5.82 Å². The van der Waals surface area contributed by atoms with Crippen LogP contribution in [0.4, 0.5) is 4.39 Å². The molecule has 1 unspecified atom stereocenters. The van der Waals surface area contributed by atoms with Gasteiger partial charge in [0.15, 0.2) is 0 Å². The molecule has 0 bridgehead atoms. The van der Waals surface area contributed by atoms with Crippen molar-refractivity contribution in [1.29, 1.82) is 0 Å². The van der Waals surface area contributed by atoms with Crippen molar-refractivity contribution in [2.45, 2.75) is 18.9 Å². The minimum atomic E-state index is -0.411. The molecule has 2 aromatic rings. The molecule has 4 rings (SSSR count). The van der Waals surface area contributed by atoms with E-state index < -0.39 is 5.82 Å². The van der Waals surface area contributed by atoms with Crippen LogP contribution in [0.15, 0.2) is 18.5 Å². The summed E-state index contributed by atoms with van der Waals surface area (Å²) < 4.78 is 13.8. The maximum Gasteiger partial charge on any atom is 0.256 e. The second kappa shape index (κ2) is 6.49. The summed E-state index contributed by atoms with van der Waals surface area (Å²) in [6.45, 7) is 5.49. The number of piperazine rings is 1. The zero-order valence-corrected chi connectivity index (χ0v) is 13.6. The van der Waals surface area contributed by atoms with Gasteiger partial charge in [-0.1, -0.05) is 0 Å². The first-order valence-corrected chi connectivity index (χ1v) is 8.59. The van der Waals surface area contributed by atoms with Gasteiger partial charge in [-0.25, -0.2) is 9.37 Å². The number of fused-ring (bicyclic) bond motifs is 1. The summed E-state index contributed by atoms with van der Waals surface area (Å²) in [5, 5.41) is 3.36. The van der Waals surface area contributed by atoms with Gasteiger partial charge in [-0.15, -0.1) is 0 Å². The zero-order valence-electron chi connectivity index (χ0n) is 13.6. The molecule has 24 heavy (non-hydrogen) atoms. The number of imidazole rings is 1. The minimum absolute atomic E-state index is 0.119. The van der Waals surface area contributed by atoms with Crippen LogP contribution in [0.3, 0.4) is 0 Å². The number of hydrogen-bond acceptors (Lipinski definition) is 4. The van der Waals surface area contributed by atoms with E-state index in [9.17, 15) is 9.18 Å². The van der Waals surface area contributed by atoms with Gasteiger partial charge in [0.1, 0.15) is 11.3 Å². The SMILES string of the molecule is O=C(c1cc(F)cc2[nH]cnc12)N1CCCC(N2CCNCC2)C1. The van der Waals surface area contributed by atoms with E-state index in [2.05, 4.69) is 20.2 Å². The molecule has 2 N–H and O–H groups in total. The van der Waals surface area contributed by atoms with Gasteiger partial charge in [-0.2, -0.15) is 0 Å². The molecule has 2 fully saturated rings. The first-order chi connectivity index (χ1) is 11.7. The molecular weight excluding hydrogens is 309 g/mol. The average Bonchev–Trinajstić information content (AvgIpc) is 3.09. The van der Waals surface area contributed by atoms with Crippen LogP contribution in [-0.4, -0.2) is 71.0 Å². The molecular formula is C17H22FN5O. The van der Waals surface area contributed by atoms with Crippen molar-refractivity contribution < 1.29 is 9.18 Å². The van der Waals surface area contributed by atoms with Gasteiger partial charge < -0.3 is 15.2 Å². The lowest BCUT2D eigenvalue weighted by molar-refractivity contribution is 0.0553. The Balaban J connectivity index is 1.55. The predicted molar refractivity (Wildman–Crippen MR) is 89.4 cm³/mol.